The summed E-state index contributed by atoms with van der Waals surface area (Å²) < 4.78 is 0. The smallest absolute Gasteiger partial charge is 0.0346 e. The summed E-state index contributed by atoms with van der Waals surface area (Å²) in [6.45, 7) is 4.66. The highest BCUT2D eigenvalue weighted by Crippen LogP contribution is 2.39. The van der Waals surface area contributed by atoms with Gasteiger partial charge in [0.2, 0.25) is 0 Å². The maximum absolute atomic E-state index is 4.38. The molecule has 0 aliphatic carbocycles. The van der Waals surface area contributed by atoms with Gasteiger partial charge >= 0.3 is 0 Å². The lowest BCUT2D eigenvalue weighted by Gasteiger charge is -2.24. The Morgan fingerprint density at radius 1 is 0.327 bits per heavy atom. The highest BCUT2D eigenvalue weighted by atomic mass is 14.6. The molecule has 3 aromatic heterocycles. The van der Waals surface area contributed by atoms with Crippen molar-refractivity contribution >= 4 is 0 Å². The average molecular weight is 712 g/mol. The third kappa shape index (κ3) is 8.22. The number of benzene rings is 5. The largest absolute Gasteiger partial charge is 0.264 e. The van der Waals surface area contributed by atoms with Gasteiger partial charge in [-0.1, -0.05) is 117 Å². The summed E-state index contributed by atoms with van der Waals surface area (Å²) in [5.41, 5.74) is 16.9. The predicted octanol–water partition coefficient (Wildman–Crippen LogP) is 14.0. The second-order valence-corrected chi connectivity index (χ2v) is 14.4. The number of hydrogen-bond donors (Lipinski definition) is 0. The maximum Gasteiger partial charge on any atom is 0.0346 e. The summed E-state index contributed by atoms with van der Waals surface area (Å²) in [5.74, 6) is 0.890. The first-order chi connectivity index (χ1) is 27.1. The van der Waals surface area contributed by atoms with E-state index in [0.717, 1.165) is 47.1 Å². The molecular weight excluding hydrogens is 667 g/mol. The van der Waals surface area contributed by atoms with Gasteiger partial charge in [-0.2, -0.15) is 0 Å². The molecule has 8 rings (SSSR count). The van der Waals surface area contributed by atoms with Crippen molar-refractivity contribution in [3.05, 3.63) is 200 Å². The number of rotatable bonds is 12. The first-order valence-electron chi connectivity index (χ1n) is 19.4. The molecule has 3 nitrogen and oxygen atoms in total. The lowest BCUT2D eigenvalue weighted by molar-refractivity contribution is 0.509. The third-order valence-corrected chi connectivity index (χ3v) is 10.9. The molecule has 2 atom stereocenters. The summed E-state index contributed by atoms with van der Waals surface area (Å²) in [6, 6.07) is 55.4. The molecule has 0 bridgehead atoms. The molecule has 0 spiro atoms. The van der Waals surface area contributed by atoms with E-state index in [1.807, 2.05) is 55.4 Å². The van der Waals surface area contributed by atoms with Gasteiger partial charge in [0.05, 0.1) is 0 Å². The normalized spacial score (nSPS) is 12.3. The van der Waals surface area contributed by atoms with Crippen molar-refractivity contribution in [3.63, 3.8) is 0 Å². The Morgan fingerprint density at radius 3 is 0.964 bits per heavy atom. The molecule has 3 heteroatoms. The quantitative estimate of drug-likeness (QED) is 0.127. The van der Waals surface area contributed by atoms with Gasteiger partial charge in [0.25, 0.3) is 0 Å². The monoisotopic (exact) mass is 711 g/mol. The highest BCUT2D eigenvalue weighted by Gasteiger charge is 2.19. The number of hydrogen-bond acceptors (Lipinski definition) is 3. The van der Waals surface area contributed by atoms with Crippen LogP contribution in [0.4, 0.5) is 0 Å². The zero-order valence-corrected chi connectivity index (χ0v) is 31.5. The van der Waals surface area contributed by atoms with E-state index in [0.29, 0.717) is 11.8 Å². The molecule has 0 saturated heterocycles. The SMILES string of the molecule is CCC(CC(CC)c1cccc(-c2cc(-c3cccc(-c4cccnc4)c3)cc(-c3cccc(-c4cccnc4)c3)c2)c1)c1cccc(-c2cccnc2)c1. The molecule has 0 aliphatic heterocycles. The molecule has 0 aliphatic rings. The topological polar surface area (TPSA) is 38.7 Å². The van der Waals surface area contributed by atoms with Gasteiger partial charge in [-0.15, -0.1) is 0 Å². The molecule has 3 heterocycles. The van der Waals surface area contributed by atoms with Crippen molar-refractivity contribution in [2.75, 3.05) is 0 Å². The van der Waals surface area contributed by atoms with E-state index in [1.165, 1.54) is 50.1 Å². The molecule has 0 N–H and O–H groups in total. The van der Waals surface area contributed by atoms with Crippen LogP contribution in [-0.4, -0.2) is 15.0 Å². The van der Waals surface area contributed by atoms with Gasteiger partial charge in [-0.25, -0.2) is 0 Å². The number of pyridine rings is 3. The summed E-state index contributed by atoms with van der Waals surface area (Å²) in [5, 5.41) is 0. The molecule has 268 valence electrons. The molecule has 0 fully saturated rings. The van der Waals surface area contributed by atoms with Crippen LogP contribution in [0.3, 0.4) is 0 Å². The fourth-order valence-electron chi connectivity index (χ4n) is 7.85. The van der Waals surface area contributed by atoms with Crippen LogP contribution in [0.1, 0.15) is 56.1 Å². The molecular formula is C52H45N3. The molecule has 8 aromatic rings. The lowest BCUT2D eigenvalue weighted by atomic mass is 9.81. The van der Waals surface area contributed by atoms with Crippen molar-refractivity contribution in [3.8, 4) is 66.8 Å². The fraction of sp³-hybridized carbons (Fsp3) is 0.135. The second kappa shape index (κ2) is 16.7. The third-order valence-electron chi connectivity index (χ3n) is 10.9. The fourth-order valence-corrected chi connectivity index (χ4v) is 7.85. The van der Waals surface area contributed by atoms with Crippen molar-refractivity contribution in [1.29, 1.82) is 0 Å². The van der Waals surface area contributed by atoms with Crippen LogP contribution >= 0.6 is 0 Å². The Balaban J connectivity index is 1.17. The Morgan fingerprint density at radius 2 is 0.618 bits per heavy atom. The van der Waals surface area contributed by atoms with Crippen molar-refractivity contribution in [2.45, 2.75) is 44.9 Å². The molecule has 0 radical (unpaired) electrons. The zero-order valence-electron chi connectivity index (χ0n) is 31.5. The van der Waals surface area contributed by atoms with Gasteiger partial charge < -0.3 is 0 Å². The van der Waals surface area contributed by atoms with E-state index in [2.05, 4.69) is 162 Å². The predicted molar refractivity (Wildman–Crippen MR) is 230 cm³/mol. The van der Waals surface area contributed by atoms with Gasteiger partial charge in [0.15, 0.2) is 0 Å². The summed E-state index contributed by atoms with van der Waals surface area (Å²) >= 11 is 0. The van der Waals surface area contributed by atoms with Crippen LogP contribution in [0.25, 0.3) is 66.8 Å². The Bertz CT molecular complexity index is 2390. The van der Waals surface area contributed by atoms with Crippen molar-refractivity contribution in [1.82, 2.24) is 15.0 Å². The standard InChI is InChI=1S/C52H45N3/c1-3-37(39-12-5-14-41(27-39)47-20-9-23-53-34-47)26-38(4-2)40-13-6-17-44(28-40)50-31-51(45-18-7-15-42(29-45)48-21-10-24-54-35-48)33-52(32-50)46-19-8-16-43(30-46)49-22-11-25-55-36-49/h5-25,27-38H,3-4,26H2,1-2H3. The Labute approximate surface area is 325 Å². The van der Waals surface area contributed by atoms with Gasteiger partial charge in [-0.05, 0) is 146 Å². The molecule has 2 unspecified atom stereocenters. The Kier molecular flexibility index (Phi) is 10.8. The second-order valence-electron chi connectivity index (χ2n) is 14.4. The van der Waals surface area contributed by atoms with E-state index in [1.54, 1.807) is 0 Å². The lowest BCUT2D eigenvalue weighted by Crippen LogP contribution is -2.06. The molecule has 0 amide bonds. The van der Waals surface area contributed by atoms with Crippen LogP contribution in [0.2, 0.25) is 0 Å². The van der Waals surface area contributed by atoms with Gasteiger partial charge in [-0.3, -0.25) is 15.0 Å². The van der Waals surface area contributed by atoms with Crippen LogP contribution in [0.5, 0.6) is 0 Å². The van der Waals surface area contributed by atoms with E-state index in [-0.39, 0.29) is 0 Å². The first-order valence-corrected chi connectivity index (χ1v) is 19.4. The van der Waals surface area contributed by atoms with E-state index < -0.39 is 0 Å². The molecule has 0 saturated carbocycles. The van der Waals surface area contributed by atoms with Crippen molar-refractivity contribution in [2.24, 2.45) is 0 Å². The van der Waals surface area contributed by atoms with E-state index in [4.69, 9.17) is 0 Å². The van der Waals surface area contributed by atoms with Gasteiger partial charge in [0.1, 0.15) is 0 Å². The average Bonchev–Trinajstić information content (AvgIpc) is 3.28. The highest BCUT2D eigenvalue weighted by molar-refractivity contribution is 5.84. The summed E-state index contributed by atoms with van der Waals surface area (Å²) in [7, 11) is 0. The molecule has 5 aromatic carbocycles. The number of aromatic nitrogens is 3. The van der Waals surface area contributed by atoms with Crippen LogP contribution in [-0.2, 0) is 0 Å². The van der Waals surface area contributed by atoms with Crippen LogP contribution < -0.4 is 0 Å². The minimum absolute atomic E-state index is 0.432. The summed E-state index contributed by atoms with van der Waals surface area (Å²) in [6.07, 6.45) is 14.6. The van der Waals surface area contributed by atoms with Crippen molar-refractivity contribution < 1.29 is 0 Å². The van der Waals surface area contributed by atoms with Gasteiger partial charge in [0, 0.05) is 48.3 Å². The maximum atomic E-state index is 4.38. The van der Waals surface area contributed by atoms with E-state index in [9.17, 15) is 0 Å². The van der Waals surface area contributed by atoms with Crippen LogP contribution in [0, 0.1) is 0 Å². The first kappa shape index (κ1) is 35.6. The minimum Gasteiger partial charge on any atom is -0.264 e. The zero-order chi connectivity index (χ0) is 37.4. The Hall–Kier alpha value is -6.45. The van der Waals surface area contributed by atoms with E-state index >= 15 is 0 Å². The molecule has 55 heavy (non-hydrogen) atoms. The van der Waals surface area contributed by atoms with Crippen LogP contribution in [0.15, 0.2) is 189 Å². The number of nitrogens with zero attached hydrogens (tertiary/aromatic N) is 3. The summed E-state index contributed by atoms with van der Waals surface area (Å²) in [4.78, 5) is 13.1. The minimum atomic E-state index is 0.432.